The molecule has 22 heavy (non-hydrogen) atoms. The summed E-state index contributed by atoms with van der Waals surface area (Å²) >= 11 is 0. The molecule has 2 heteroatoms. The van der Waals surface area contributed by atoms with E-state index in [1.54, 1.807) is 0 Å². The van der Waals surface area contributed by atoms with E-state index >= 15 is 0 Å². The molecule has 2 nitrogen and oxygen atoms in total. The summed E-state index contributed by atoms with van der Waals surface area (Å²) in [5.74, 6) is 3.63. The molecule has 0 bridgehead atoms. The summed E-state index contributed by atoms with van der Waals surface area (Å²) in [7, 11) is 1.84. The molecule has 0 radical (unpaired) electrons. The average molecular weight is 309 g/mol. The molecule has 2 rings (SSSR count). The number of methoxy groups -OCH3 is 1. The summed E-state index contributed by atoms with van der Waals surface area (Å²) in [6, 6.07) is 0. The van der Waals surface area contributed by atoms with Crippen molar-refractivity contribution in [2.24, 2.45) is 23.7 Å². The SMILES string of the molecule is CCCC=COC[C@H]1CC[C@H]([C@H]2CC[C@H](COC)CC2)CC1. The van der Waals surface area contributed by atoms with Crippen LogP contribution >= 0.6 is 0 Å². The molecule has 2 saturated carbocycles. The monoisotopic (exact) mass is 308 g/mol. The van der Waals surface area contributed by atoms with Gasteiger partial charge in [0.1, 0.15) is 0 Å². The Labute approximate surface area is 137 Å². The Balaban J connectivity index is 1.59. The lowest BCUT2D eigenvalue weighted by Crippen LogP contribution is -2.27. The number of hydrogen-bond donors (Lipinski definition) is 0. The second kappa shape index (κ2) is 10.3. The fourth-order valence-electron chi connectivity index (χ4n) is 4.38. The van der Waals surface area contributed by atoms with Crippen molar-refractivity contribution in [3.8, 4) is 0 Å². The van der Waals surface area contributed by atoms with Crippen molar-refractivity contribution < 1.29 is 9.47 Å². The fraction of sp³-hybridized carbons (Fsp3) is 0.900. The van der Waals surface area contributed by atoms with Crippen LogP contribution in [0.5, 0.6) is 0 Å². The lowest BCUT2D eigenvalue weighted by atomic mass is 9.69. The van der Waals surface area contributed by atoms with E-state index < -0.39 is 0 Å². The van der Waals surface area contributed by atoms with Crippen LogP contribution in [0.15, 0.2) is 12.3 Å². The van der Waals surface area contributed by atoms with Crippen LogP contribution in [-0.4, -0.2) is 20.3 Å². The van der Waals surface area contributed by atoms with E-state index in [9.17, 15) is 0 Å². The van der Waals surface area contributed by atoms with Gasteiger partial charge in [-0.05, 0) is 87.5 Å². The van der Waals surface area contributed by atoms with Crippen molar-refractivity contribution >= 4 is 0 Å². The first-order chi connectivity index (χ1) is 10.8. The third kappa shape index (κ3) is 5.95. The quantitative estimate of drug-likeness (QED) is 0.545. The van der Waals surface area contributed by atoms with Gasteiger partial charge in [0.2, 0.25) is 0 Å². The molecular weight excluding hydrogens is 272 g/mol. The number of ether oxygens (including phenoxy) is 2. The fourth-order valence-corrected chi connectivity index (χ4v) is 4.38. The van der Waals surface area contributed by atoms with Gasteiger partial charge in [0.25, 0.3) is 0 Å². The normalized spacial score (nSPS) is 33.2. The third-order valence-corrected chi connectivity index (χ3v) is 5.83. The topological polar surface area (TPSA) is 18.5 Å². The number of rotatable bonds is 8. The first-order valence-electron chi connectivity index (χ1n) is 9.59. The highest BCUT2D eigenvalue weighted by atomic mass is 16.5. The van der Waals surface area contributed by atoms with E-state index in [1.165, 1.54) is 57.8 Å². The summed E-state index contributed by atoms with van der Waals surface area (Å²) in [6.07, 6.45) is 17.7. The van der Waals surface area contributed by atoms with Crippen molar-refractivity contribution in [2.75, 3.05) is 20.3 Å². The molecule has 2 aliphatic carbocycles. The summed E-state index contributed by atoms with van der Waals surface area (Å²) in [6.45, 7) is 4.12. The molecule has 0 atom stereocenters. The average Bonchev–Trinajstić information content (AvgIpc) is 2.56. The molecule has 0 unspecified atom stereocenters. The summed E-state index contributed by atoms with van der Waals surface area (Å²) in [5.41, 5.74) is 0. The molecule has 2 aliphatic rings. The molecular formula is C20H36O2. The van der Waals surface area contributed by atoms with Crippen molar-refractivity contribution in [1.82, 2.24) is 0 Å². The van der Waals surface area contributed by atoms with Crippen LogP contribution in [0.2, 0.25) is 0 Å². The van der Waals surface area contributed by atoms with E-state index in [2.05, 4.69) is 13.0 Å². The van der Waals surface area contributed by atoms with Crippen LogP contribution < -0.4 is 0 Å². The molecule has 0 saturated heterocycles. The molecule has 0 aromatic rings. The highest BCUT2D eigenvalue weighted by Crippen LogP contribution is 2.41. The van der Waals surface area contributed by atoms with Gasteiger partial charge in [0, 0.05) is 13.7 Å². The minimum atomic E-state index is 0.798. The summed E-state index contributed by atoms with van der Waals surface area (Å²) < 4.78 is 11.0. The lowest BCUT2D eigenvalue weighted by Gasteiger charge is -2.37. The van der Waals surface area contributed by atoms with Gasteiger partial charge in [-0.2, -0.15) is 0 Å². The predicted molar refractivity (Wildman–Crippen MR) is 92.8 cm³/mol. The minimum absolute atomic E-state index is 0.798. The van der Waals surface area contributed by atoms with E-state index in [0.717, 1.165) is 43.3 Å². The molecule has 0 N–H and O–H groups in total. The van der Waals surface area contributed by atoms with Crippen LogP contribution in [-0.2, 0) is 9.47 Å². The maximum absolute atomic E-state index is 5.70. The molecule has 0 heterocycles. The largest absolute Gasteiger partial charge is 0.501 e. The second-order valence-corrected chi connectivity index (χ2v) is 7.51. The van der Waals surface area contributed by atoms with Crippen molar-refractivity contribution in [2.45, 2.75) is 71.1 Å². The van der Waals surface area contributed by atoms with Gasteiger partial charge in [-0.1, -0.05) is 13.3 Å². The van der Waals surface area contributed by atoms with Crippen LogP contribution in [0.1, 0.15) is 71.1 Å². The van der Waals surface area contributed by atoms with Crippen LogP contribution in [0.3, 0.4) is 0 Å². The minimum Gasteiger partial charge on any atom is -0.501 e. The summed E-state index contributed by atoms with van der Waals surface area (Å²) in [5, 5.41) is 0. The highest BCUT2D eigenvalue weighted by Gasteiger charge is 2.30. The maximum Gasteiger partial charge on any atom is 0.0901 e. The standard InChI is InChI=1S/C20H36O2/c1-3-4-5-14-22-16-18-8-12-20(13-9-18)19-10-6-17(7-11-19)15-21-2/h5,14,17-20H,3-4,6-13,15-16H2,1-2H3/t17-,18-,19-,20-. The van der Waals surface area contributed by atoms with Crippen LogP contribution in [0.25, 0.3) is 0 Å². The van der Waals surface area contributed by atoms with Gasteiger partial charge < -0.3 is 9.47 Å². The van der Waals surface area contributed by atoms with Crippen LogP contribution in [0.4, 0.5) is 0 Å². The van der Waals surface area contributed by atoms with Crippen molar-refractivity contribution in [3.63, 3.8) is 0 Å². The van der Waals surface area contributed by atoms with Crippen molar-refractivity contribution in [3.05, 3.63) is 12.3 Å². The zero-order chi connectivity index (χ0) is 15.6. The van der Waals surface area contributed by atoms with Gasteiger partial charge in [-0.15, -0.1) is 0 Å². The molecule has 0 spiro atoms. The Morgan fingerprint density at radius 3 is 1.86 bits per heavy atom. The Bertz CT molecular complexity index is 297. The van der Waals surface area contributed by atoms with Gasteiger partial charge in [0.15, 0.2) is 0 Å². The Hall–Kier alpha value is -0.500. The molecule has 2 fully saturated rings. The molecule has 0 aromatic carbocycles. The smallest absolute Gasteiger partial charge is 0.0901 e. The van der Waals surface area contributed by atoms with Gasteiger partial charge >= 0.3 is 0 Å². The van der Waals surface area contributed by atoms with Crippen molar-refractivity contribution in [1.29, 1.82) is 0 Å². The zero-order valence-electron chi connectivity index (χ0n) is 14.8. The number of allylic oxidation sites excluding steroid dienone is 1. The first kappa shape index (κ1) is 17.8. The van der Waals surface area contributed by atoms with Gasteiger partial charge in [-0.3, -0.25) is 0 Å². The maximum atomic E-state index is 5.70. The van der Waals surface area contributed by atoms with E-state index in [-0.39, 0.29) is 0 Å². The van der Waals surface area contributed by atoms with E-state index in [1.807, 2.05) is 13.4 Å². The number of hydrogen-bond acceptors (Lipinski definition) is 2. The number of unbranched alkanes of at least 4 members (excludes halogenated alkanes) is 1. The first-order valence-corrected chi connectivity index (χ1v) is 9.59. The zero-order valence-corrected chi connectivity index (χ0v) is 14.8. The Morgan fingerprint density at radius 1 is 0.818 bits per heavy atom. The van der Waals surface area contributed by atoms with Crippen LogP contribution in [0, 0.1) is 23.7 Å². The van der Waals surface area contributed by atoms with E-state index in [4.69, 9.17) is 9.47 Å². The Kier molecular flexibility index (Phi) is 8.36. The third-order valence-electron chi connectivity index (χ3n) is 5.83. The molecule has 128 valence electrons. The molecule has 0 amide bonds. The molecule has 0 aromatic heterocycles. The summed E-state index contributed by atoms with van der Waals surface area (Å²) in [4.78, 5) is 0. The highest BCUT2D eigenvalue weighted by molar-refractivity contribution is 4.82. The second-order valence-electron chi connectivity index (χ2n) is 7.51. The van der Waals surface area contributed by atoms with Gasteiger partial charge in [0.05, 0.1) is 12.9 Å². The predicted octanol–water partition coefficient (Wildman–Crippen LogP) is 5.58. The Morgan fingerprint density at radius 2 is 1.36 bits per heavy atom. The lowest BCUT2D eigenvalue weighted by molar-refractivity contribution is 0.0834. The molecule has 0 aliphatic heterocycles. The van der Waals surface area contributed by atoms with Gasteiger partial charge in [-0.25, -0.2) is 0 Å². The van der Waals surface area contributed by atoms with E-state index in [0.29, 0.717) is 0 Å².